The van der Waals surface area contributed by atoms with E-state index in [0.717, 1.165) is 25.0 Å². The number of nitrogens with two attached hydrogens (primary N) is 1. The minimum Gasteiger partial charge on any atom is -0.462 e. The molecule has 0 spiro atoms. The highest BCUT2D eigenvalue weighted by molar-refractivity contribution is 9.10. The number of sulfonamides is 1. The summed E-state index contributed by atoms with van der Waals surface area (Å²) >= 11 is 2.99. The highest BCUT2D eigenvalue weighted by Crippen LogP contribution is 2.24. The minimum atomic E-state index is -4.24. The molecule has 0 heterocycles. The molecule has 0 aliphatic rings. The second-order valence-corrected chi connectivity index (χ2v) is 6.53. The van der Waals surface area contributed by atoms with E-state index in [9.17, 15) is 17.6 Å². The van der Waals surface area contributed by atoms with Gasteiger partial charge in [0, 0.05) is 4.47 Å². The standard InChI is InChI=1S/C12H15BrFNO4S/c1-2-3-4-5-19-12(16)8-6-11(20(15,17)18)10(14)7-9(8)13/h6-7H,2-5H2,1H3,(H2,15,17,18). The normalized spacial score (nSPS) is 11.4. The fourth-order valence-electron chi connectivity index (χ4n) is 1.50. The average molecular weight is 368 g/mol. The number of hydrogen-bond acceptors (Lipinski definition) is 4. The van der Waals surface area contributed by atoms with E-state index in [1.54, 1.807) is 0 Å². The molecule has 5 nitrogen and oxygen atoms in total. The third-order valence-corrected chi connectivity index (χ3v) is 4.11. The number of halogens is 2. The first-order valence-electron chi connectivity index (χ1n) is 5.96. The molecule has 0 aliphatic heterocycles. The lowest BCUT2D eigenvalue weighted by Gasteiger charge is -2.08. The van der Waals surface area contributed by atoms with Crippen LogP contribution in [-0.4, -0.2) is 21.0 Å². The molecule has 0 atom stereocenters. The van der Waals surface area contributed by atoms with Crippen LogP contribution >= 0.6 is 15.9 Å². The van der Waals surface area contributed by atoms with Gasteiger partial charge in [-0.05, 0) is 34.5 Å². The fraction of sp³-hybridized carbons (Fsp3) is 0.417. The van der Waals surface area contributed by atoms with Crippen molar-refractivity contribution in [2.75, 3.05) is 6.61 Å². The molecule has 112 valence electrons. The zero-order valence-corrected chi connectivity index (χ0v) is 13.3. The molecule has 1 aromatic rings. The number of hydrogen-bond donors (Lipinski definition) is 1. The predicted octanol–water partition coefficient (Wildman–Crippen LogP) is 2.58. The van der Waals surface area contributed by atoms with E-state index in [0.29, 0.717) is 6.42 Å². The van der Waals surface area contributed by atoms with Crippen molar-refractivity contribution in [1.29, 1.82) is 0 Å². The van der Waals surface area contributed by atoms with Gasteiger partial charge in [-0.15, -0.1) is 0 Å². The second kappa shape index (κ2) is 7.14. The van der Waals surface area contributed by atoms with Gasteiger partial charge in [0.25, 0.3) is 0 Å². The van der Waals surface area contributed by atoms with E-state index in [1.807, 2.05) is 6.92 Å². The van der Waals surface area contributed by atoms with Crippen LogP contribution in [0, 0.1) is 5.82 Å². The van der Waals surface area contributed by atoms with Crippen molar-refractivity contribution in [3.63, 3.8) is 0 Å². The van der Waals surface area contributed by atoms with Gasteiger partial charge in [0.05, 0.1) is 12.2 Å². The summed E-state index contributed by atoms with van der Waals surface area (Å²) in [5.74, 6) is -1.75. The van der Waals surface area contributed by atoms with Gasteiger partial charge in [-0.1, -0.05) is 19.8 Å². The van der Waals surface area contributed by atoms with Crippen LogP contribution in [0.15, 0.2) is 21.5 Å². The highest BCUT2D eigenvalue weighted by atomic mass is 79.9. The first-order valence-corrected chi connectivity index (χ1v) is 8.30. The minimum absolute atomic E-state index is 0.0769. The quantitative estimate of drug-likeness (QED) is 0.618. The highest BCUT2D eigenvalue weighted by Gasteiger charge is 2.21. The van der Waals surface area contributed by atoms with Crippen LogP contribution in [0.4, 0.5) is 4.39 Å². The Balaban J connectivity index is 2.98. The molecule has 8 heteroatoms. The topological polar surface area (TPSA) is 86.5 Å². The Morgan fingerprint density at radius 1 is 1.40 bits per heavy atom. The number of unbranched alkanes of at least 4 members (excludes halogenated alkanes) is 2. The zero-order valence-electron chi connectivity index (χ0n) is 10.9. The summed E-state index contributed by atoms with van der Waals surface area (Å²) in [6.45, 7) is 2.23. The third kappa shape index (κ3) is 4.53. The Morgan fingerprint density at radius 2 is 2.05 bits per heavy atom. The second-order valence-electron chi connectivity index (χ2n) is 4.15. The summed E-state index contributed by atoms with van der Waals surface area (Å²) in [6.07, 6.45) is 2.61. The van der Waals surface area contributed by atoms with E-state index in [2.05, 4.69) is 15.9 Å². The van der Waals surface area contributed by atoms with Crippen molar-refractivity contribution in [3.8, 4) is 0 Å². The van der Waals surface area contributed by atoms with Crippen LogP contribution in [-0.2, 0) is 14.8 Å². The number of benzene rings is 1. The van der Waals surface area contributed by atoms with Gasteiger partial charge in [-0.2, -0.15) is 0 Å². The first-order chi connectivity index (χ1) is 9.27. The monoisotopic (exact) mass is 367 g/mol. The summed E-state index contributed by atoms with van der Waals surface area (Å²) in [6, 6.07) is 1.75. The van der Waals surface area contributed by atoms with E-state index in [-0.39, 0.29) is 16.6 Å². The van der Waals surface area contributed by atoms with Gasteiger partial charge < -0.3 is 4.74 Å². The fourth-order valence-corrected chi connectivity index (χ4v) is 2.59. The maximum absolute atomic E-state index is 13.5. The third-order valence-electron chi connectivity index (χ3n) is 2.53. The molecule has 0 amide bonds. The molecule has 0 bridgehead atoms. The number of ether oxygens (including phenoxy) is 1. The van der Waals surface area contributed by atoms with E-state index in [4.69, 9.17) is 9.88 Å². The van der Waals surface area contributed by atoms with E-state index in [1.165, 1.54) is 0 Å². The molecule has 0 radical (unpaired) electrons. The average Bonchev–Trinajstić information content (AvgIpc) is 2.32. The maximum Gasteiger partial charge on any atom is 0.339 e. The Labute approximate surface area is 125 Å². The van der Waals surface area contributed by atoms with Crippen LogP contribution in [0.5, 0.6) is 0 Å². The molecular formula is C12H15BrFNO4S. The Hall–Kier alpha value is -0.990. The van der Waals surface area contributed by atoms with Gasteiger partial charge in [0.15, 0.2) is 0 Å². The van der Waals surface area contributed by atoms with Crippen molar-refractivity contribution in [3.05, 3.63) is 28.0 Å². The molecule has 1 aromatic carbocycles. The van der Waals surface area contributed by atoms with Crippen molar-refractivity contribution in [1.82, 2.24) is 0 Å². The number of esters is 1. The number of carbonyl (C=O) groups excluding carboxylic acids is 1. The van der Waals surface area contributed by atoms with E-state index < -0.39 is 26.7 Å². The lowest BCUT2D eigenvalue weighted by atomic mass is 10.2. The SMILES string of the molecule is CCCCCOC(=O)c1cc(S(N)(=O)=O)c(F)cc1Br. The Morgan fingerprint density at radius 3 is 2.60 bits per heavy atom. The maximum atomic E-state index is 13.5. The molecule has 0 aromatic heterocycles. The van der Waals surface area contributed by atoms with Gasteiger partial charge >= 0.3 is 5.97 Å². The zero-order chi connectivity index (χ0) is 15.3. The number of primary sulfonamides is 1. The van der Waals surface area contributed by atoms with Gasteiger partial charge in [0.1, 0.15) is 10.7 Å². The van der Waals surface area contributed by atoms with Crippen LogP contribution in [0.25, 0.3) is 0 Å². The van der Waals surface area contributed by atoms with Crippen molar-refractivity contribution in [2.24, 2.45) is 5.14 Å². The summed E-state index contributed by atoms with van der Waals surface area (Å²) in [4.78, 5) is 11.1. The molecular weight excluding hydrogens is 353 g/mol. The largest absolute Gasteiger partial charge is 0.462 e. The number of rotatable bonds is 6. The van der Waals surface area contributed by atoms with Crippen molar-refractivity contribution in [2.45, 2.75) is 31.1 Å². The first kappa shape index (κ1) is 17.1. The molecule has 0 saturated carbocycles. The molecule has 0 saturated heterocycles. The molecule has 1 rings (SSSR count). The summed E-state index contributed by atoms with van der Waals surface area (Å²) < 4.78 is 41.0. The van der Waals surface area contributed by atoms with Crippen LogP contribution in [0.1, 0.15) is 36.5 Å². The van der Waals surface area contributed by atoms with Gasteiger partial charge in [-0.25, -0.2) is 22.7 Å². The van der Waals surface area contributed by atoms with Crippen LogP contribution < -0.4 is 5.14 Å². The number of carbonyl (C=O) groups is 1. The molecule has 0 aliphatic carbocycles. The van der Waals surface area contributed by atoms with Gasteiger partial charge in [-0.3, -0.25) is 0 Å². The summed E-state index contributed by atoms with van der Waals surface area (Å²) in [7, 11) is -4.24. The molecule has 0 fully saturated rings. The molecule has 2 N–H and O–H groups in total. The predicted molar refractivity (Wildman–Crippen MR) is 75.3 cm³/mol. The lowest BCUT2D eigenvalue weighted by Crippen LogP contribution is -2.16. The van der Waals surface area contributed by atoms with Crippen LogP contribution in [0.2, 0.25) is 0 Å². The van der Waals surface area contributed by atoms with E-state index >= 15 is 0 Å². The lowest BCUT2D eigenvalue weighted by molar-refractivity contribution is 0.0496. The van der Waals surface area contributed by atoms with Crippen molar-refractivity contribution >= 4 is 31.9 Å². The van der Waals surface area contributed by atoms with Crippen LogP contribution in [0.3, 0.4) is 0 Å². The summed E-state index contributed by atoms with van der Waals surface area (Å²) in [5.41, 5.74) is -0.0769. The Bertz CT molecular complexity index is 604. The smallest absolute Gasteiger partial charge is 0.339 e. The molecule has 0 unspecified atom stereocenters. The molecule has 20 heavy (non-hydrogen) atoms. The van der Waals surface area contributed by atoms with Crippen molar-refractivity contribution < 1.29 is 22.3 Å². The van der Waals surface area contributed by atoms with Gasteiger partial charge in [0.2, 0.25) is 10.0 Å². The summed E-state index contributed by atoms with van der Waals surface area (Å²) in [5, 5.41) is 4.88. The Kier molecular flexibility index (Phi) is 6.09.